The Labute approximate surface area is 106 Å². The van der Waals surface area contributed by atoms with Gasteiger partial charge in [-0.2, -0.15) is 0 Å². The van der Waals surface area contributed by atoms with Gasteiger partial charge < -0.3 is 18.9 Å². The molecule has 0 amide bonds. The van der Waals surface area contributed by atoms with E-state index in [0.29, 0.717) is 18.6 Å². The molecule has 2 bridgehead atoms. The average molecular weight is 254 g/mol. The normalized spacial score (nSPS) is 52.4. The highest BCUT2D eigenvalue weighted by molar-refractivity contribution is 5.69. The Morgan fingerprint density at radius 2 is 2.06 bits per heavy atom. The fourth-order valence-electron chi connectivity index (χ4n) is 3.90. The van der Waals surface area contributed by atoms with Crippen LogP contribution in [0.1, 0.15) is 32.1 Å². The minimum absolute atomic E-state index is 0.0219. The van der Waals surface area contributed by atoms with Gasteiger partial charge in [-0.3, -0.25) is 4.79 Å². The van der Waals surface area contributed by atoms with Gasteiger partial charge in [0.05, 0.1) is 43.5 Å². The van der Waals surface area contributed by atoms with Gasteiger partial charge in [0.25, 0.3) is 0 Å². The van der Waals surface area contributed by atoms with Crippen molar-refractivity contribution < 1.29 is 23.7 Å². The van der Waals surface area contributed by atoms with Crippen molar-refractivity contribution in [3.63, 3.8) is 0 Å². The van der Waals surface area contributed by atoms with E-state index in [0.717, 1.165) is 25.7 Å². The van der Waals surface area contributed by atoms with Crippen LogP contribution in [0.25, 0.3) is 0 Å². The molecule has 100 valence electrons. The smallest absolute Gasteiger partial charge is 0.308 e. The number of esters is 1. The van der Waals surface area contributed by atoms with Crippen molar-refractivity contribution in [2.24, 2.45) is 0 Å². The molecule has 0 aromatic heterocycles. The third kappa shape index (κ3) is 1.54. The van der Waals surface area contributed by atoms with Crippen LogP contribution in [0.15, 0.2) is 0 Å². The lowest BCUT2D eigenvalue weighted by atomic mass is 9.78. The highest BCUT2D eigenvalue weighted by Gasteiger charge is 2.66. The molecule has 5 nitrogen and oxygen atoms in total. The van der Waals surface area contributed by atoms with E-state index in [1.807, 2.05) is 0 Å². The van der Waals surface area contributed by atoms with Gasteiger partial charge in [0.2, 0.25) is 0 Å². The van der Waals surface area contributed by atoms with E-state index >= 15 is 0 Å². The van der Waals surface area contributed by atoms with Crippen molar-refractivity contribution >= 4 is 5.97 Å². The number of methoxy groups -OCH3 is 1. The predicted molar refractivity (Wildman–Crippen MR) is 60.0 cm³/mol. The van der Waals surface area contributed by atoms with Gasteiger partial charge >= 0.3 is 5.97 Å². The maximum atomic E-state index is 11.4. The summed E-state index contributed by atoms with van der Waals surface area (Å²) in [6.45, 7) is 0. The van der Waals surface area contributed by atoms with E-state index in [4.69, 9.17) is 18.9 Å². The first-order valence-electron chi connectivity index (χ1n) is 6.76. The Balaban J connectivity index is 1.50. The molecule has 3 saturated heterocycles. The first-order chi connectivity index (χ1) is 8.70. The first-order valence-corrected chi connectivity index (χ1v) is 6.76. The highest BCUT2D eigenvalue weighted by Crippen LogP contribution is 2.55. The van der Waals surface area contributed by atoms with E-state index in [1.54, 1.807) is 0 Å². The summed E-state index contributed by atoms with van der Waals surface area (Å²) in [7, 11) is 1.42. The molecule has 4 aliphatic rings. The van der Waals surface area contributed by atoms with Gasteiger partial charge in [0.1, 0.15) is 6.10 Å². The summed E-state index contributed by atoms with van der Waals surface area (Å²) in [4.78, 5) is 11.4. The molecule has 0 aromatic carbocycles. The van der Waals surface area contributed by atoms with Crippen molar-refractivity contribution in [2.45, 2.75) is 68.2 Å². The summed E-state index contributed by atoms with van der Waals surface area (Å²) in [6.07, 6.45) is 5.10. The van der Waals surface area contributed by atoms with Crippen LogP contribution in [0.2, 0.25) is 0 Å². The Morgan fingerprint density at radius 1 is 1.28 bits per heavy atom. The average Bonchev–Trinajstić information content (AvgIpc) is 3.04. The first kappa shape index (κ1) is 11.2. The molecule has 6 atom stereocenters. The number of hydrogen-bond acceptors (Lipinski definition) is 5. The monoisotopic (exact) mass is 254 g/mol. The topological polar surface area (TPSA) is 57.3 Å². The lowest BCUT2D eigenvalue weighted by Crippen LogP contribution is -2.50. The summed E-state index contributed by atoms with van der Waals surface area (Å²) < 4.78 is 22.6. The maximum Gasteiger partial charge on any atom is 0.308 e. The maximum absolute atomic E-state index is 11.4. The van der Waals surface area contributed by atoms with Crippen LogP contribution in [0.3, 0.4) is 0 Å². The molecule has 1 unspecified atom stereocenters. The Morgan fingerprint density at radius 3 is 2.83 bits per heavy atom. The molecule has 1 spiro atoms. The van der Waals surface area contributed by atoms with Crippen molar-refractivity contribution in [3.8, 4) is 0 Å². The molecule has 1 saturated carbocycles. The van der Waals surface area contributed by atoms with E-state index < -0.39 is 0 Å². The van der Waals surface area contributed by atoms with Crippen LogP contribution in [0.5, 0.6) is 0 Å². The van der Waals surface area contributed by atoms with Crippen LogP contribution >= 0.6 is 0 Å². The van der Waals surface area contributed by atoms with E-state index in [-0.39, 0.29) is 29.9 Å². The number of fused-ring (bicyclic) bond motifs is 3. The molecular formula is C13H18O5. The minimum atomic E-state index is -0.195. The second-order valence-electron chi connectivity index (χ2n) is 5.87. The summed E-state index contributed by atoms with van der Waals surface area (Å²) >= 11 is 0. The molecule has 4 fully saturated rings. The summed E-state index contributed by atoms with van der Waals surface area (Å²) in [5.74, 6) is -0.193. The fraction of sp³-hybridized carbons (Fsp3) is 0.923. The number of rotatable bonds is 2. The van der Waals surface area contributed by atoms with Crippen LogP contribution in [0, 0.1) is 0 Å². The van der Waals surface area contributed by atoms with E-state index in [1.165, 1.54) is 7.11 Å². The predicted octanol–water partition coefficient (Wildman–Crippen LogP) is 0.796. The Kier molecular flexibility index (Phi) is 2.29. The lowest BCUT2D eigenvalue weighted by Gasteiger charge is -2.42. The largest absolute Gasteiger partial charge is 0.469 e. The number of ether oxygens (including phenoxy) is 4. The molecular weight excluding hydrogens is 236 g/mol. The molecule has 0 aromatic rings. The molecule has 18 heavy (non-hydrogen) atoms. The van der Waals surface area contributed by atoms with Gasteiger partial charge in [0, 0.05) is 12.8 Å². The molecule has 5 heteroatoms. The van der Waals surface area contributed by atoms with Crippen LogP contribution in [-0.2, 0) is 23.7 Å². The van der Waals surface area contributed by atoms with E-state index in [2.05, 4.69) is 0 Å². The lowest BCUT2D eigenvalue weighted by molar-refractivity contribution is -0.178. The molecule has 4 rings (SSSR count). The third-order valence-electron chi connectivity index (χ3n) is 4.78. The van der Waals surface area contributed by atoms with Gasteiger partial charge in [-0.25, -0.2) is 0 Å². The standard InChI is InChI=1S/C13H18O5/c1-15-11(14)4-7-2-3-10-13(18-7)5-8(16-10)12-9(6-13)17-12/h7-10,12H,2-6H2,1H3/t7-,8-,9-,10+,12?,13-/m1/s1. The van der Waals surface area contributed by atoms with Gasteiger partial charge in [-0.05, 0) is 12.8 Å². The summed E-state index contributed by atoms with van der Waals surface area (Å²) in [5.41, 5.74) is -0.195. The molecule has 0 radical (unpaired) electrons. The summed E-state index contributed by atoms with van der Waals surface area (Å²) in [5, 5.41) is 0. The zero-order valence-corrected chi connectivity index (χ0v) is 10.5. The van der Waals surface area contributed by atoms with Crippen molar-refractivity contribution in [2.75, 3.05) is 7.11 Å². The van der Waals surface area contributed by atoms with Crippen LogP contribution in [-0.4, -0.2) is 49.2 Å². The number of carbonyl (C=O) groups is 1. The SMILES string of the molecule is COC(=O)C[C@H]1CC[C@@H]2O[C@@H]3C[C@]2(C[C@H]2OC23)O1. The van der Waals surface area contributed by atoms with Crippen LogP contribution in [0.4, 0.5) is 0 Å². The number of hydrogen-bond donors (Lipinski definition) is 0. The van der Waals surface area contributed by atoms with Gasteiger partial charge in [0.15, 0.2) is 0 Å². The van der Waals surface area contributed by atoms with Gasteiger partial charge in [-0.15, -0.1) is 0 Å². The minimum Gasteiger partial charge on any atom is -0.469 e. The zero-order chi connectivity index (χ0) is 12.3. The third-order valence-corrected chi connectivity index (χ3v) is 4.78. The molecule has 3 heterocycles. The Bertz CT molecular complexity index is 380. The van der Waals surface area contributed by atoms with Crippen LogP contribution < -0.4 is 0 Å². The fourth-order valence-corrected chi connectivity index (χ4v) is 3.90. The van der Waals surface area contributed by atoms with E-state index in [9.17, 15) is 4.79 Å². The van der Waals surface area contributed by atoms with Crippen molar-refractivity contribution in [3.05, 3.63) is 0 Å². The zero-order valence-electron chi connectivity index (χ0n) is 10.5. The Hall–Kier alpha value is -0.650. The highest BCUT2D eigenvalue weighted by atomic mass is 16.6. The molecule has 3 aliphatic heterocycles. The van der Waals surface area contributed by atoms with Crippen molar-refractivity contribution in [1.29, 1.82) is 0 Å². The quantitative estimate of drug-likeness (QED) is 0.539. The molecule has 0 N–H and O–H groups in total. The second-order valence-corrected chi connectivity index (χ2v) is 5.87. The van der Waals surface area contributed by atoms with Gasteiger partial charge in [-0.1, -0.05) is 0 Å². The number of epoxide rings is 1. The van der Waals surface area contributed by atoms with Crippen molar-refractivity contribution in [1.82, 2.24) is 0 Å². The second kappa shape index (κ2) is 3.68. The number of carbonyl (C=O) groups excluding carboxylic acids is 1. The molecule has 1 aliphatic carbocycles. The summed E-state index contributed by atoms with van der Waals surface area (Å²) in [6, 6.07) is 0.